The lowest BCUT2D eigenvalue weighted by Crippen LogP contribution is -2.53. The van der Waals surface area contributed by atoms with Crippen molar-refractivity contribution in [2.45, 2.75) is 140 Å². The first-order chi connectivity index (χ1) is 34.2. The average molecular weight is 971 g/mol. The molecule has 2 aliphatic heterocycles. The van der Waals surface area contributed by atoms with Crippen LogP contribution in [0.1, 0.15) is 137 Å². The van der Waals surface area contributed by atoms with Gasteiger partial charge in [0.25, 0.3) is 11.8 Å². The number of methoxy groups -OCH3 is 2. The summed E-state index contributed by atoms with van der Waals surface area (Å²) < 4.78 is 10.9. The molecule has 6 N–H and O–H groups in total. The Labute approximate surface area is 413 Å². The van der Waals surface area contributed by atoms with Gasteiger partial charge in [0.2, 0.25) is 17.7 Å². The van der Waals surface area contributed by atoms with Gasteiger partial charge in [-0.1, -0.05) is 37.8 Å². The number of aromatic nitrogens is 2. The minimum Gasteiger partial charge on any atom is -0.496 e. The zero-order chi connectivity index (χ0) is 50.0. The number of primary amides is 1. The molecule has 5 amide bonds. The van der Waals surface area contributed by atoms with E-state index in [-0.39, 0.29) is 64.3 Å². The lowest BCUT2D eigenvalue weighted by Gasteiger charge is -2.26. The Kier molecular flexibility index (Phi) is 14.3. The first-order valence-corrected chi connectivity index (χ1v) is 25.5. The highest BCUT2D eigenvalue weighted by atomic mass is 16.5. The van der Waals surface area contributed by atoms with Crippen molar-refractivity contribution in [3.63, 3.8) is 0 Å². The Morgan fingerprint density at radius 3 is 1.56 bits per heavy atom. The maximum Gasteiger partial charge on any atom is 0.271 e. The number of Topliss-reactive ketones (excluding diaryl/α,β-unsaturated/α-hetero) is 2. The minimum absolute atomic E-state index is 0.0507. The molecule has 4 aliphatic carbocycles. The van der Waals surface area contributed by atoms with Crippen LogP contribution in [0.4, 0.5) is 0 Å². The van der Waals surface area contributed by atoms with Gasteiger partial charge < -0.3 is 45.6 Å². The fourth-order valence-corrected chi connectivity index (χ4v) is 12.9. The number of ether oxygens (including phenoxy) is 2. The van der Waals surface area contributed by atoms with E-state index in [1.165, 1.54) is 0 Å². The second-order valence-electron chi connectivity index (χ2n) is 21.2. The third kappa shape index (κ3) is 10.1. The molecule has 0 bridgehead atoms. The molecule has 71 heavy (non-hydrogen) atoms. The van der Waals surface area contributed by atoms with Gasteiger partial charge in [-0.15, -0.1) is 0 Å². The molecule has 2 aromatic heterocycles. The van der Waals surface area contributed by atoms with Crippen molar-refractivity contribution in [1.29, 1.82) is 5.26 Å². The Morgan fingerprint density at radius 1 is 0.704 bits per heavy atom. The maximum atomic E-state index is 13.8. The van der Waals surface area contributed by atoms with E-state index in [1.807, 2.05) is 36.4 Å². The first kappa shape index (κ1) is 49.3. The summed E-state index contributed by atoms with van der Waals surface area (Å²) in [7, 11) is 3.18. The van der Waals surface area contributed by atoms with Crippen LogP contribution < -0.4 is 25.8 Å². The van der Waals surface area contributed by atoms with Crippen LogP contribution in [0.15, 0.2) is 48.5 Å². The molecular formula is C54H66N8O9. The average Bonchev–Trinajstić information content (AvgIpc) is 4.24. The van der Waals surface area contributed by atoms with E-state index in [9.17, 15) is 38.8 Å². The zero-order valence-electron chi connectivity index (χ0n) is 40.8. The van der Waals surface area contributed by atoms with Crippen LogP contribution in [0.25, 0.3) is 21.8 Å². The molecule has 376 valence electrons. The van der Waals surface area contributed by atoms with E-state index in [0.29, 0.717) is 74.5 Å². The Hall–Kier alpha value is -6.70. The topological polar surface area (TPSA) is 250 Å². The van der Waals surface area contributed by atoms with Crippen LogP contribution in [0.2, 0.25) is 0 Å². The molecule has 10 rings (SSSR count). The fourth-order valence-electron chi connectivity index (χ4n) is 12.9. The van der Waals surface area contributed by atoms with Gasteiger partial charge in [0.05, 0.1) is 20.3 Å². The van der Waals surface area contributed by atoms with E-state index in [0.717, 1.165) is 92.4 Å². The monoisotopic (exact) mass is 970 g/mol. The van der Waals surface area contributed by atoms with Gasteiger partial charge in [0.1, 0.15) is 58.6 Å². The second kappa shape index (κ2) is 20.6. The lowest BCUT2D eigenvalue weighted by molar-refractivity contribution is -0.130. The summed E-state index contributed by atoms with van der Waals surface area (Å²) in [5.41, 5.74) is 7.87. The number of rotatable bonds is 13. The van der Waals surface area contributed by atoms with Gasteiger partial charge in [0.15, 0.2) is 0 Å². The Morgan fingerprint density at radius 2 is 1.15 bits per heavy atom. The van der Waals surface area contributed by atoms with Crippen molar-refractivity contribution in [2.24, 2.45) is 28.4 Å². The van der Waals surface area contributed by atoms with Gasteiger partial charge in [0, 0.05) is 59.6 Å². The lowest BCUT2D eigenvalue weighted by atomic mass is 9.83. The van der Waals surface area contributed by atoms with Crippen molar-refractivity contribution in [1.82, 2.24) is 30.4 Å². The minimum atomic E-state index is -0.932. The number of likely N-dealkylation sites (tertiary alicyclic amines) is 2. The van der Waals surface area contributed by atoms with E-state index in [2.05, 4.69) is 26.7 Å². The predicted octanol–water partition coefficient (Wildman–Crippen LogP) is 6.40. The van der Waals surface area contributed by atoms with Gasteiger partial charge in [-0.05, 0) is 124 Å². The van der Waals surface area contributed by atoms with Crippen LogP contribution >= 0.6 is 0 Å². The number of aromatic amines is 2. The van der Waals surface area contributed by atoms with Crippen molar-refractivity contribution < 1.29 is 43.0 Å². The van der Waals surface area contributed by atoms with E-state index in [1.54, 1.807) is 36.2 Å². The number of carbonyl (C=O) groups excluding carboxylic acids is 7. The number of nitrogens with two attached hydrogens (primary N) is 1. The first-order valence-electron chi connectivity index (χ1n) is 25.5. The Bertz CT molecular complexity index is 2760. The highest BCUT2D eigenvalue weighted by Crippen LogP contribution is 2.50. The van der Waals surface area contributed by atoms with Crippen LogP contribution in [0, 0.1) is 34.0 Å². The number of hydrogen-bond donors (Lipinski definition) is 5. The molecule has 2 aromatic carbocycles. The number of ketones is 2. The molecule has 0 unspecified atom stereocenters. The zero-order valence-corrected chi connectivity index (χ0v) is 40.8. The van der Waals surface area contributed by atoms with Gasteiger partial charge >= 0.3 is 0 Å². The molecular weight excluding hydrogens is 905 g/mol. The van der Waals surface area contributed by atoms with Crippen LogP contribution in [-0.2, 0) is 24.0 Å². The standard InChI is InChI=1S/C27H34N4O5.C27H32N4O4/c1-36-23-9-5-7-18-17(23)13-20(29-18)26(35)31-15-27(10-2-3-11-27)14-21(31)25(34)30-19(24(28)33)12-16-6-4-8-22(16)32;1-35-24-9-5-7-20-19(24)13-21(30-20)26(34)31-16-27(10-2-3-11-27)14-22(31)25(33)29-18(15-28)12-17-6-4-8-23(17)32/h5,7,9,13,16,19,21,29H,2-4,6,8,10-12,14-15H2,1H3,(H2,28,33)(H,30,34);5,7,9,13,17-18,22,30H,2-4,6,8,10-12,14,16H2,1H3,(H,29,33)/t16-,19-,21-;17-,18-,22-/m00/s1. The summed E-state index contributed by atoms with van der Waals surface area (Å²) in [5.74, 6) is -0.583. The van der Waals surface area contributed by atoms with E-state index in [4.69, 9.17) is 15.2 Å². The predicted molar refractivity (Wildman–Crippen MR) is 263 cm³/mol. The van der Waals surface area contributed by atoms with Gasteiger partial charge in [-0.2, -0.15) is 5.26 Å². The highest BCUT2D eigenvalue weighted by Gasteiger charge is 2.52. The van der Waals surface area contributed by atoms with Gasteiger partial charge in [-0.25, -0.2) is 0 Å². The number of hydrogen-bond acceptors (Lipinski definition) is 10. The molecule has 4 heterocycles. The molecule has 2 saturated heterocycles. The number of H-pyrrole nitrogens is 2. The molecule has 17 heteroatoms. The summed E-state index contributed by atoms with van der Waals surface area (Å²) >= 11 is 0. The molecule has 2 spiro atoms. The maximum absolute atomic E-state index is 13.8. The number of nitrogens with zero attached hydrogens (tertiary/aromatic N) is 3. The number of nitrogens with one attached hydrogen (secondary N) is 4. The van der Waals surface area contributed by atoms with E-state index >= 15 is 0 Å². The molecule has 6 fully saturated rings. The van der Waals surface area contributed by atoms with Crippen LogP contribution in [0.5, 0.6) is 11.5 Å². The number of fused-ring (bicyclic) bond motifs is 2. The summed E-state index contributed by atoms with van der Waals surface area (Å²) in [6, 6.07) is 13.9. The van der Waals surface area contributed by atoms with Crippen LogP contribution in [-0.4, -0.2) is 112 Å². The molecule has 6 atom stereocenters. The van der Waals surface area contributed by atoms with Gasteiger partial charge in [-0.3, -0.25) is 33.6 Å². The molecule has 17 nitrogen and oxygen atoms in total. The third-order valence-electron chi connectivity index (χ3n) is 16.7. The molecule has 4 aromatic rings. The van der Waals surface area contributed by atoms with E-state index < -0.39 is 30.1 Å². The third-order valence-corrected chi connectivity index (χ3v) is 16.7. The van der Waals surface area contributed by atoms with Crippen LogP contribution in [0.3, 0.4) is 0 Å². The SMILES string of the molecule is COc1cccc2[nH]c(C(=O)N3CC4(CCCC4)C[C@H]3C(=O)N[C@@H](C[C@@H]3CCCC3=O)C(N)=O)cc12.COc1cccc2[nH]c(C(=O)N3CC4(CCCC4)C[C@H]3C(=O)N[C@H](C#N)C[C@@H]3CCCC3=O)cc12. The summed E-state index contributed by atoms with van der Waals surface area (Å²) in [6.45, 7) is 1.04. The summed E-state index contributed by atoms with van der Waals surface area (Å²) in [4.78, 5) is 101. The quantitative estimate of drug-likeness (QED) is 0.0986. The summed E-state index contributed by atoms with van der Waals surface area (Å²) in [5, 5.41) is 17.0. The smallest absolute Gasteiger partial charge is 0.271 e. The molecule has 6 aliphatic rings. The summed E-state index contributed by atoms with van der Waals surface area (Å²) in [6.07, 6.45) is 14.2. The number of nitriles is 1. The fraction of sp³-hybridized carbons (Fsp3) is 0.556. The number of carbonyl (C=O) groups is 7. The number of benzene rings is 2. The Balaban J connectivity index is 0.000000176. The highest BCUT2D eigenvalue weighted by molar-refractivity contribution is 6.03. The number of amides is 5. The van der Waals surface area contributed by atoms with Crippen molar-refractivity contribution in [2.75, 3.05) is 27.3 Å². The normalized spacial score (nSPS) is 24.0. The van der Waals surface area contributed by atoms with Crippen molar-refractivity contribution in [3.8, 4) is 17.6 Å². The van der Waals surface area contributed by atoms with Crippen molar-refractivity contribution in [3.05, 3.63) is 59.9 Å². The molecule has 0 radical (unpaired) electrons. The second-order valence-corrected chi connectivity index (χ2v) is 21.2. The molecule has 4 saturated carbocycles. The van der Waals surface area contributed by atoms with Crippen molar-refractivity contribution >= 4 is 62.9 Å². The largest absolute Gasteiger partial charge is 0.496 e.